The van der Waals surface area contributed by atoms with E-state index in [9.17, 15) is 4.39 Å². The van der Waals surface area contributed by atoms with Crippen molar-refractivity contribution < 1.29 is 9.13 Å². The van der Waals surface area contributed by atoms with E-state index in [1.165, 1.54) is 10.9 Å². The Kier molecular flexibility index (Phi) is 4.96. The molecule has 1 N–H and O–H groups in total. The van der Waals surface area contributed by atoms with Gasteiger partial charge in [0, 0.05) is 20.8 Å². The van der Waals surface area contributed by atoms with E-state index in [-0.39, 0.29) is 11.9 Å². The van der Waals surface area contributed by atoms with Crippen LogP contribution in [-0.2, 0) is 6.42 Å². The van der Waals surface area contributed by atoms with E-state index in [0.29, 0.717) is 0 Å². The fraction of sp³-hybridized carbons (Fsp3) is 0.286. The van der Waals surface area contributed by atoms with E-state index in [4.69, 9.17) is 4.74 Å². The molecule has 5 heteroatoms. The molecule has 1 aromatic carbocycles. The van der Waals surface area contributed by atoms with Gasteiger partial charge < -0.3 is 10.1 Å². The molecule has 0 aliphatic heterocycles. The molecule has 2 rings (SSSR count). The van der Waals surface area contributed by atoms with Crippen LogP contribution in [0, 0.1) is 5.82 Å². The summed E-state index contributed by atoms with van der Waals surface area (Å²) in [6, 6.07) is 7.15. The molecule has 19 heavy (non-hydrogen) atoms. The molecule has 0 saturated carbocycles. The highest BCUT2D eigenvalue weighted by atomic mass is 79.9. The van der Waals surface area contributed by atoms with E-state index >= 15 is 0 Å². The summed E-state index contributed by atoms with van der Waals surface area (Å²) >= 11 is 4.96. The van der Waals surface area contributed by atoms with Crippen LogP contribution in [-0.4, -0.2) is 14.2 Å². The van der Waals surface area contributed by atoms with Crippen LogP contribution in [0.15, 0.2) is 34.1 Å². The molecule has 1 heterocycles. The van der Waals surface area contributed by atoms with E-state index < -0.39 is 0 Å². The number of halogens is 2. The number of benzene rings is 1. The highest BCUT2D eigenvalue weighted by Crippen LogP contribution is 2.29. The van der Waals surface area contributed by atoms with E-state index in [1.54, 1.807) is 24.5 Å². The van der Waals surface area contributed by atoms with Gasteiger partial charge in [0.2, 0.25) is 0 Å². The first-order chi connectivity index (χ1) is 9.12. The number of thiophene rings is 1. The number of likely N-dealkylation sites (N-methyl/N-ethyl adjacent to an activating group) is 1. The molecule has 1 aromatic heterocycles. The zero-order chi connectivity index (χ0) is 13.8. The van der Waals surface area contributed by atoms with Crippen LogP contribution < -0.4 is 10.1 Å². The van der Waals surface area contributed by atoms with Gasteiger partial charge in [0.25, 0.3) is 0 Å². The smallest absolute Gasteiger partial charge is 0.129 e. The number of nitrogens with one attached hydrogen (secondary N) is 1. The van der Waals surface area contributed by atoms with Crippen LogP contribution in [0.3, 0.4) is 0 Å². The lowest BCUT2D eigenvalue weighted by Crippen LogP contribution is -2.17. The summed E-state index contributed by atoms with van der Waals surface area (Å²) in [7, 11) is 3.56. The minimum atomic E-state index is -0.219. The van der Waals surface area contributed by atoms with Crippen LogP contribution in [0.2, 0.25) is 0 Å². The Bertz CT molecular complexity index is 538. The Morgan fingerprint density at radius 2 is 2.16 bits per heavy atom. The second-order valence-corrected chi connectivity index (χ2v) is 6.07. The molecular formula is C14H15BrFNOS. The van der Waals surface area contributed by atoms with Crippen LogP contribution >= 0.6 is 27.3 Å². The van der Waals surface area contributed by atoms with Gasteiger partial charge in [-0.3, -0.25) is 0 Å². The van der Waals surface area contributed by atoms with Crippen molar-refractivity contribution in [2.75, 3.05) is 14.2 Å². The lowest BCUT2D eigenvalue weighted by atomic mass is 10.0. The van der Waals surface area contributed by atoms with E-state index in [2.05, 4.69) is 21.2 Å². The van der Waals surface area contributed by atoms with Gasteiger partial charge in [0.15, 0.2) is 0 Å². The van der Waals surface area contributed by atoms with Crippen molar-refractivity contribution in [3.63, 3.8) is 0 Å². The SMILES string of the molecule is CNC(Cc1cc(F)cc(Br)c1)c1cc(OC)cs1. The Labute approximate surface area is 124 Å². The average Bonchev–Trinajstić information content (AvgIpc) is 2.83. The first-order valence-electron chi connectivity index (χ1n) is 5.87. The van der Waals surface area contributed by atoms with Crippen LogP contribution in [0.1, 0.15) is 16.5 Å². The summed E-state index contributed by atoms with van der Waals surface area (Å²) in [6.07, 6.45) is 0.733. The number of methoxy groups -OCH3 is 1. The molecule has 0 radical (unpaired) electrons. The third kappa shape index (κ3) is 3.78. The Hall–Kier alpha value is -0.910. The fourth-order valence-corrected chi connectivity index (χ4v) is 3.41. The highest BCUT2D eigenvalue weighted by Gasteiger charge is 2.14. The van der Waals surface area contributed by atoms with Crippen molar-refractivity contribution in [2.24, 2.45) is 0 Å². The molecule has 0 saturated heterocycles. The molecule has 0 fully saturated rings. The number of hydrogen-bond donors (Lipinski definition) is 1. The second kappa shape index (κ2) is 6.50. The molecule has 0 bridgehead atoms. The maximum absolute atomic E-state index is 13.4. The summed E-state index contributed by atoms with van der Waals surface area (Å²) in [4.78, 5) is 1.18. The number of hydrogen-bond acceptors (Lipinski definition) is 3. The molecule has 0 aliphatic carbocycles. The van der Waals surface area contributed by atoms with Crippen LogP contribution in [0.4, 0.5) is 4.39 Å². The Balaban J connectivity index is 2.18. The van der Waals surface area contributed by atoms with Gasteiger partial charge in [-0.05, 0) is 43.3 Å². The van der Waals surface area contributed by atoms with Gasteiger partial charge >= 0.3 is 0 Å². The maximum Gasteiger partial charge on any atom is 0.129 e. The molecule has 0 amide bonds. The highest BCUT2D eigenvalue weighted by molar-refractivity contribution is 9.10. The fourth-order valence-electron chi connectivity index (χ4n) is 1.93. The summed E-state index contributed by atoms with van der Waals surface area (Å²) in [5, 5.41) is 5.23. The van der Waals surface area contributed by atoms with Gasteiger partial charge in [-0.15, -0.1) is 11.3 Å². The largest absolute Gasteiger partial charge is 0.496 e. The van der Waals surface area contributed by atoms with Crippen molar-refractivity contribution in [1.29, 1.82) is 0 Å². The predicted molar refractivity (Wildman–Crippen MR) is 80.5 cm³/mol. The average molecular weight is 344 g/mol. The van der Waals surface area contributed by atoms with Gasteiger partial charge in [-0.2, -0.15) is 0 Å². The van der Waals surface area contributed by atoms with Crippen LogP contribution in [0.25, 0.3) is 0 Å². The molecule has 2 nitrogen and oxygen atoms in total. The standard InChI is InChI=1S/C14H15BrFNOS/c1-17-13(14-7-12(18-2)8-19-14)5-9-3-10(15)6-11(16)4-9/h3-4,6-8,13,17H,5H2,1-2H3. The summed E-state index contributed by atoms with van der Waals surface area (Å²) in [5.74, 6) is 0.642. The monoisotopic (exact) mass is 343 g/mol. The first kappa shape index (κ1) is 14.5. The number of rotatable bonds is 5. The van der Waals surface area contributed by atoms with Gasteiger partial charge in [0.05, 0.1) is 7.11 Å². The zero-order valence-corrected chi connectivity index (χ0v) is 13.1. The lowest BCUT2D eigenvalue weighted by Gasteiger charge is -2.14. The van der Waals surface area contributed by atoms with Gasteiger partial charge in [-0.25, -0.2) is 4.39 Å². The molecule has 0 aliphatic rings. The molecule has 1 atom stereocenters. The molecule has 0 spiro atoms. The van der Waals surface area contributed by atoms with Crippen molar-refractivity contribution in [3.8, 4) is 5.75 Å². The molecular weight excluding hydrogens is 329 g/mol. The van der Waals surface area contributed by atoms with E-state index in [0.717, 1.165) is 22.2 Å². The zero-order valence-electron chi connectivity index (χ0n) is 10.7. The summed E-state index contributed by atoms with van der Waals surface area (Å²) < 4.78 is 19.3. The maximum atomic E-state index is 13.4. The molecule has 2 aromatic rings. The van der Waals surface area contributed by atoms with Crippen LogP contribution in [0.5, 0.6) is 5.75 Å². The topological polar surface area (TPSA) is 21.3 Å². The minimum absolute atomic E-state index is 0.155. The minimum Gasteiger partial charge on any atom is -0.496 e. The van der Waals surface area contributed by atoms with Gasteiger partial charge in [-0.1, -0.05) is 15.9 Å². The van der Waals surface area contributed by atoms with Crippen molar-refractivity contribution in [2.45, 2.75) is 12.5 Å². The number of ether oxygens (including phenoxy) is 1. The molecule has 102 valence electrons. The third-order valence-electron chi connectivity index (χ3n) is 2.89. The summed E-state index contributed by atoms with van der Waals surface area (Å²) in [6.45, 7) is 0. The quantitative estimate of drug-likeness (QED) is 0.879. The Morgan fingerprint density at radius 1 is 1.37 bits per heavy atom. The summed E-state index contributed by atoms with van der Waals surface area (Å²) in [5.41, 5.74) is 0.957. The molecule has 1 unspecified atom stereocenters. The van der Waals surface area contributed by atoms with Crippen molar-refractivity contribution in [3.05, 3.63) is 50.4 Å². The lowest BCUT2D eigenvalue weighted by molar-refractivity contribution is 0.416. The normalized spacial score (nSPS) is 12.4. The van der Waals surface area contributed by atoms with E-state index in [1.807, 2.05) is 24.6 Å². The third-order valence-corrected chi connectivity index (χ3v) is 4.37. The first-order valence-corrected chi connectivity index (χ1v) is 7.54. The Morgan fingerprint density at radius 3 is 2.74 bits per heavy atom. The predicted octanol–water partition coefficient (Wildman–Crippen LogP) is 4.16. The second-order valence-electron chi connectivity index (χ2n) is 4.21. The van der Waals surface area contributed by atoms with Crippen molar-refractivity contribution >= 4 is 27.3 Å². The van der Waals surface area contributed by atoms with Gasteiger partial charge in [0.1, 0.15) is 11.6 Å². The van der Waals surface area contributed by atoms with Crippen molar-refractivity contribution in [1.82, 2.24) is 5.32 Å².